The molecule has 4 rings (SSSR count). The monoisotopic (exact) mass is 475 g/mol. The van der Waals surface area contributed by atoms with Crippen molar-refractivity contribution in [1.29, 1.82) is 0 Å². The molecule has 35 heavy (non-hydrogen) atoms. The smallest absolute Gasteiger partial charge is 0.330 e. The van der Waals surface area contributed by atoms with Crippen LogP contribution in [0.15, 0.2) is 67.3 Å². The topological polar surface area (TPSA) is 106 Å². The van der Waals surface area contributed by atoms with E-state index in [0.29, 0.717) is 31.5 Å². The van der Waals surface area contributed by atoms with Gasteiger partial charge in [-0.05, 0) is 43.0 Å². The van der Waals surface area contributed by atoms with Crippen molar-refractivity contribution in [1.82, 2.24) is 25.0 Å². The third-order valence-corrected chi connectivity index (χ3v) is 6.02. The molecule has 3 aromatic rings. The van der Waals surface area contributed by atoms with Gasteiger partial charge >= 0.3 is 5.97 Å². The first-order chi connectivity index (χ1) is 17.0. The molecule has 0 aliphatic carbocycles. The number of piperidine rings is 1. The lowest BCUT2D eigenvalue weighted by molar-refractivity contribution is -0.148. The third kappa shape index (κ3) is 6.11. The summed E-state index contributed by atoms with van der Waals surface area (Å²) in [6.45, 7) is 2.91. The summed E-state index contributed by atoms with van der Waals surface area (Å²) in [4.78, 5) is 44.4. The fourth-order valence-electron chi connectivity index (χ4n) is 4.25. The second kappa shape index (κ2) is 11.4. The summed E-state index contributed by atoms with van der Waals surface area (Å²) in [7, 11) is 0. The van der Waals surface area contributed by atoms with E-state index in [1.165, 1.54) is 17.3 Å². The highest BCUT2D eigenvalue weighted by Crippen LogP contribution is 2.23. The molecule has 2 heterocycles. The molecule has 1 fully saturated rings. The van der Waals surface area contributed by atoms with Gasteiger partial charge < -0.3 is 15.0 Å². The number of carbonyl (C=O) groups excluding carboxylic acids is 3. The lowest BCUT2D eigenvalue weighted by Gasteiger charge is -2.33. The summed E-state index contributed by atoms with van der Waals surface area (Å²) in [6, 6.07) is 16.5. The van der Waals surface area contributed by atoms with E-state index in [4.69, 9.17) is 4.74 Å². The van der Waals surface area contributed by atoms with Crippen molar-refractivity contribution in [2.45, 2.75) is 32.4 Å². The number of ether oxygens (including phenoxy) is 1. The van der Waals surface area contributed by atoms with Crippen molar-refractivity contribution < 1.29 is 19.1 Å². The fourth-order valence-corrected chi connectivity index (χ4v) is 4.25. The van der Waals surface area contributed by atoms with E-state index in [2.05, 4.69) is 15.4 Å². The van der Waals surface area contributed by atoms with E-state index in [-0.39, 0.29) is 25.0 Å². The number of esters is 1. The number of likely N-dealkylation sites (tertiary alicyclic amines) is 1. The van der Waals surface area contributed by atoms with Gasteiger partial charge in [-0.2, -0.15) is 5.10 Å². The van der Waals surface area contributed by atoms with Gasteiger partial charge in [-0.3, -0.25) is 14.3 Å². The first-order valence-electron chi connectivity index (χ1n) is 11.8. The summed E-state index contributed by atoms with van der Waals surface area (Å²) < 4.78 is 6.60. The number of hydrogen-bond donors (Lipinski definition) is 1. The number of benzene rings is 2. The van der Waals surface area contributed by atoms with Crippen molar-refractivity contribution in [3.8, 4) is 11.1 Å². The predicted molar refractivity (Wildman–Crippen MR) is 129 cm³/mol. The number of nitrogens with zero attached hydrogens (tertiary/aromatic N) is 4. The van der Waals surface area contributed by atoms with Crippen molar-refractivity contribution in [3.05, 3.63) is 72.8 Å². The van der Waals surface area contributed by atoms with Gasteiger partial charge in [0.15, 0.2) is 0 Å². The van der Waals surface area contributed by atoms with Crippen molar-refractivity contribution in [3.63, 3.8) is 0 Å². The van der Waals surface area contributed by atoms with Crippen LogP contribution >= 0.6 is 0 Å². The maximum absolute atomic E-state index is 13.3. The first kappa shape index (κ1) is 24.1. The Morgan fingerprint density at radius 1 is 1.11 bits per heavy atom. The molecule has 1 unspecified atom stereocenters. The van der Waals surface area contributed by atoms with Gasteiger partial charge in [0.25, 0.3) is 5.91 Å². The molecule has 1 aliphatic heterocycles. The first-order valence-corrected chi connectivity index (χ1v) is 11.8. The molecule has 1 aromatic heterocycles. The van der Waals surface area contributed by atoms with Gasteiger partial charge in [0.1, 0.15) is 18.7 Å². The van der Waals surface area contributed by atoms with Crippen molar-refractivity contribution in [2.75, 3.05) is 19.7 Å². The maximum atomic E-state index is 13.3. The number of nitrogens with one attached hydrogen (secondary N) is 1. The minimum absolute atomic E-state index is 0.107. The van der Waals surface area contributed by atoms with Crippen LogP contribution in [0.5, 0.6) is 0 Å². The lowest BCUT2D eigenvalue weighted by atomic mass is 9.95. The van der Waals surface area contributed by atoms with E-state index in [0.717, 1.165) is 11.1 Å². The molecule has 1 aliphatic rings. The molecule has 9 nitrogen and oxygen atoms in total. The highest BCUT2D eigenvalue weighted by molar-refractivity contribution is 5.96. The zero-order valence-corrected chi connectivity index (χ0v) is 19.7. The van der Waals surface area contributed by atoms with Crippen LogP contribution in [-0.2, 0) is 20.9 Å². The Balaban J connectivity index is 1.43. The Morgan fingerprint density at radius 2 is 1.91 bits per heavy atom. The van der Waals surface area contributed by atoms with Crippen molar-refractivity contribution in [2.24, 2.45) is 5.92 Å². The molecule has 9 heteroatoms. The molecule has 2 aromatic carbocycles. The van der Waals surface area contributed by atoms with E-state index >= 15 is 0 Å². The van der Waals surface area contributed by atoms with Crippen LogP contribution in [0.2, 0.25) is 0 Å². The van der Waals surface area contributed by atoms with E-state index in [1.54, 1.807) is 17.9 Å². The normalized spacial score (nSPS) is 16.4. The second-order valence-electron chi connectivity index (χ2n) is 8.47. The van der Waals surface area contributed by atoms with Crippen LogP contribution in [0.25, 0.3) is 11.1 Å². The summed E-state index contributed by atoms with van der Waals surface area (Å²) in [5.41, 5.74) is 2.59. The molecule has 1 saturated heterocycles. The minimum atomic E-state index is -0.891. The maximum Gasteiger partial charge on any atom is 0.330 e. The Bertz CT molecular complexity index is 1150. The average molecular weight is 476 g/mol. The van der Waals surface area contributed by atoms with Crippen molar-refractivity contribution >= 4 is 17.8 Å². The molecule has 0 saturated carbocycles. The van der Waals surface area contributed by atoms with Gasteiger partial charge in [-0.25, -0.2) is 9.78 Å². The minimum Gasteiger partial charge on any atom is -0.464 e. The number of hydrogen-bond acceptors (Lipinski definition) is 6. The van der Waals surface area contributed by atoms with Crippen LogP contribution in [0.4, 0.5) is 0 Å². The van der Waals surface area contributed by atoms with E-state index < -0.39 is 17.9 Å². The summed E-state index contributed by atoms with van der Waals surface area (Å²) >= 11 is 0. The average Bonchev–Trinajstić information content (AvgIpc) is 3.42. The molecule has 1 N–H and O–H groups in total. The molecule has 2 amide bonds. The van der Waals surface area contributed by atoms with Gasteiger partial charge in [-0.15, -0.1) is 0 Å². The zero-order chi connectivity index (χ0) is 24.6. The Hall–Kier alpha value is -4.01. The SMILES string of the molecule is CCOC(=O)[C@@H](Cn1cncn1)NC(=O)C1CCCN(C(=O)c2cccc(-c3ccccc3)c2)C1. The summed E-state index contributed by atoms with van der Waals surface area (Å²) in [5.74, 6) is -1.33. The summed E-state index contributed by atoms with van der Waals surface area (Å²) in [6.07, 6.45) is 4.18. The highest BCUT2D eigenvalue weighted by Gasteiger charge is 2.32. The number of amides is 2. The largest absolute Gasteiger partial charge is 0.464 e. The molecule has 0 radical (unpaired) electrons. The van der Waals surface area contributed by atoms with Gasteiger partial charge in [0.2, 0.25) is 5.91 Å². The van der Waals surface area contributed by atoms with Crippen LogP contribution < -0.4 is 5.32 Å². The number of rotatable bonds is 8. The van der Waals surface area contributed by atoms with Gasteiger partial charge in [0, 0.05) is 18.7 Å². The summed E-state index contributed by atoms with van der Waals surface area (Å²) in [5, 5.41) is 6.81. The fraction of sp³-hybridized carbons (Fsp3) is 0.346. The Kier molecular flexibility index (Phi) is 7.87. The van der Waals surface area contributed by atoms with Gasteiger partial charge in [0.05, 0.1) is 19.1 Å². The van der Waals surface area contributed by atoms with Crippen LogP contribution in [0.1, 0.15) is 30.1 Å². The van der Waals surface area contributed by atoms with E-state index in [9.17, 15) is 14.4 Å². The lowest BCUT2D eigenvalue weighted by Crippen LogP contribution is -2.51. The predicted octanol–water partition coefficient (Wildman–Crippen LogP) is 2.55. The van der Waals surface area contributed by atoms with Crippen LogP contribution in [0, 0.1) is 5.92 Å². The van der Waals surface area contributed by atoms with Gasteiger partial charge in [-0.1, -0.05) is 42.5 Å². The Morgan fingerprint density at radius 3 is 2.66 bits per heavy atom. The quantitative estimate of drug-likeness (QED) is 0.502. The number of aromatic nitrogens is 3. The third-order valence-electron chi connectivity index (χ3n) is 6.02. The van der Waals surface area contributed by atoms with Crippen LogP contribution in [-0.4, -0.2) is 63.2 Å². The highest BCUT2D eigenvalue weighted by atomic mass is 16.5. The molecular weight excluding hydrogens is 446 g/mol. The number of carbonyl (C=O) groups is 3. The standard InChI is InChI=1S/C26H29N5O4/c1-2-35-26(34)23(16-31-18-27-17-28-31)29-24(32)22-12-7-13-30(15-22)25(33)21-11-6-10-20(14-21)19-8-4-3-5-9-19/h3-6,8-11,14,17-18,22-23H,2,7,12-13,15-16H2,1H3,(H,29,32)/t22?,23-/m1/s1. The molecular formula is C26H29N5O4. The van der Waals surface area contributed by atoms with E-state index in [1.807, 2.05) is 48.5 Å². The second-order valence-corrected chi connectivity index (χ2v) is 8.47. The molecule has 182 valence electrons. The Labute approximate surface area is 204 Å². The molecule has 2 atom stereocenters. The molecule has 0 bridgehead atoms. The van der Waals surface area contributed by atoms with Crippen LogP contribution in [0.3, 0.4) is 0 Å². The zero-order valence-electron chi connectivity index (χ0n) is 19.7. The molecule has 0 spiro atoms.